The fraction of sp³-hybridized carbons (Fsp3) is 0.273. The van der Waals surface area contributed by atoms with Gasteiger partial charge < -0.3 is 16.4 Å². The van der Waals surface area contributed by atoms with Crippen molar-refractivity contribution in [2.45, 2.75) is 6.18 Å². The third kappa shape index (κ3) is 4.86. The predicted octanol–water partition coefficient (Wildman–Crippen LogP) is 0.677. The van der Waals surface area contributed by atoms with E-state index >= 15 is 0 Å². The lowest BCUT2D eigenvalue weighted by Crippen LogP contribution is -2.41. The first-order valence-electron chi connectivity index (χ1n) is 5.29. The summed E-state index contributed by atoms with van der Waals surface area (Å²) in [5.74, 6) is -2.49. The smallest absolute Gasteiger partial charge is 0.399 e. The number of hydrogen-bond donors (Lipinski definition) is 3. The summed E-state index contributed by atoms with van der Waals surface area (Å²) < 4.78 is 35.5. The number of carbonyl (C=O) groups excluding carboxylic acids is 2. The molecule has 1 aromatic carbocycles. The minimum Gasteiger partial charge on any atom is -0.399 e. The van der Waals surface area contributed by atoms with Gasteiger partial charge in [0, 0.05) is 24.3 Å². The van der Waals surface area contributed by atoms with Crippen LogP contribution < -0.4 is 16.4 Å². The van der Waals surface area contributed by atoms with Crippen LogP contribution in [0.2, 0.25) is 0 Å². The zero-order valence-corrected chi connectivity index (χ0v) is 9.75. The van der Waals surface area contributed by atoms with Gasteiger partial charge in [-0.25, -0.2) is 0 Å². The number of halogens is 3. The molecule has 0 spiro atoms. The fourth-order valence-electron chi connectivity index (χ4n) is 1.19. The lowest BCUT2D eigenvalue weighted by molar-refractivity contribution is -0.173. The number of nitrogens with one attached hydrogen (secondary N) is 2. The van der Waals surface area contributed by atoms with E-state index < -0.39 is 18.0 Å². The van der Waals surface area contributed by atoms with Gasteiger partial charge >= 0.3 is 12.1 Å². The van der Waals surface area contributed by atoms with Crippen molar-refractivity contribution in [2.75, 3.05) is 18.8 Å². The molecule has 0 heterocycles. The van der Waals surface area contributed by atoms with Crippen molar-refractivity contribution in [3.63, 3.8) is 0 Å². The second-order valence-corrected chi connectivity index (χ2v) is 3.63. The Labute approximate surface area is 107 Å². The summed E-state index contributed by atoms with van der Waals surface area (Å²) in [7, 11) is 0. The standard InChI is InChI=1S/C11H12F3N3O2/c12-11(13,14)10(19)17-6-5-16-9(18)7-1-3-8(15)4-2-7/h1-4H,5-6,15H2,(H,16,18)(H,17,19). The molecular weight excluding hydrogens is 263 g/mol. The molecule has 104 valence electrons. The Morgan fingerprint density at radius 1 is 1.05 bits per heavy atom. The molecule has 4 N–H and O–H groups in total. The minimum absolute atomic E-state index is 0.106. The van der Waals surface area contributed by atoms with E-state index in [1.807, 2.05) is 0 Å². The predicted molar refractivity (Wildman–Crippen MR) is 62.3 cm³/mol. The molecular formula is C11H12F3N3O2. The van der Waals surface area contributed by atoms with Crippen LogP contribution >= 0.6 is 0 Å². The van der Waals surface area contributed by atoms with E-state index in [4.69, 9.17) is 5.73 Å². The summed E-state index contributed by atoms with van der Waals surface area (Å²) in [5.41, 5.74) is 6.26. The average Bonchev–Trinajstić information content (AvgIpc) is 2.33. The molecule has 0 atom stereocenters. The van der Waals surface area contributed by atoms with Crippen LogP contribution in [0.25, 0.3) is 0 Å². The Bertz CT molecular complexity index is 457. The van der Waals surface area contributed by atoms with Crippen molar-refractivity contribution in [1.29, 1.82) is 0 Å². The first kappa shape index (κ1) is 14.8. The van der Waals surface area contributed by atoms with Gasteiger partial charge in [0.1, 0.15) is 0 Å². The number of amides is 2. The highest BCUT2D eigenvalue weighted by Crippen LogP contribution is 2.13. The third-order valence-corrected chi connectivity index (χ3v) is 2.13. The Morgan fingerprint density at radius 3 is 2.11 bits per heavy atom. The van der Waals surface area contributed by atoms with Crippen LogP contribution in [0.15, 0.2) is 24.3 Å². The number of hydrogen-bond acceptors (Lipinski definition) is 3. The highest BCUT2D eigenvalue weighted by molar-refractivity contribution is 5.94. The van der Waals surface area contributed by atoms with E-state index in [0.717, 1.165) is 0 Å². The molecule has 0 saturated heterocycles. The van der Waals surface area contributed by atoms with E-state index in [-0.39, 0.29) is 13.1 Å². The van der Waals surface area contributed by atoms with E-state index in [9.17, 15) is 22.8 Å². The van der Waals surface area contributed by atoms with Gasteiger partial charge in [-0.15, -0.1) is 0 Å². The van der Waals surface area contributed by atoms with Gasteiger partial charge in [-0.2, -0.15) is 13.2 Å². The third-order valence-electron chi connectivity index (χ3n) is 2.13. The van der Waals surface area contributed by atoms with Crippen molar-refractivity contribution in [3.05, 3.63) is 29.8 Å². The molecule has 19 heavy (non-hydrogen) atoms. The average molecular weight is 275 g/mol. The Hall–Kier alpha value is -2.25. The van der Waals surface area contributed by atoms with Crippen molar-refractivity contribution in [1.82, 2.24) is 10.6 Å². The zero-order valence-electron chi connectivity index (χ0n) is 9.75. The van der Waals surface area contributed by atoms with Gasteiger partial charge in [0.05, 0.1) is 0 Å². The SMILES string of the molecule is Nc1ccc(C(=O)NCCNC(=O)C(F)(F)F)cc1. The van der Waals surface area contributed by atoms with Crippen LogP contribution in [-0.4, -0.2) is 31.1 Å². The Balaban J connectivity index is 2.32. The van der Waals surface area contributed by atoms with Crippen molar-refractivity contribution >= 4 is 17.5 Å². The maximum atomic E-state index is 11.8. The summed E-state index contributed by atoms with van der Waals surface area (Å²) >= 11 is 0. The maximum absolute atomic E-state index is 11.8. The highest BCUT2D eigenvalue weighted by atomic mass is 19.4. The fourth-order valence-corrected chi connectivity index (χ4v) is 1.19. The van der Waals surface area contributed by atoms with E-state index in [1.165, 1.54) is 24.3 Å². The number of nitrogen functional groups attached to an aromatic ring is 1. The van der Waals surface area contributed by atoms with Gasteiger partial charge in [-0.1, -0.05) is 0 Å². The molecule has 8 heteroatoms. The number of rotatable bonds is 4. The lowest BCUT2D eigenvalue weighted by atomic mass is 10.2. The van der Waals surface area contributed by atoms with Gasteiger partial charge in [0.15, 0.2) is 0 Å². The second kappa shape index (κ2) is 6.07. The first-order chi connectivity index (χ1) is 8.80. The van der Waals surface area contributed by atoms with Crippen LogP contribution in [0.4, 0.5) is 18.9 Å². The molecule has 1 aromatic rings. The van der Waals surface area contributed by atoms with Crippen LogP contribution in [0.1, 0.15) is 10.4 Å². The monoisotopic (exact) mass is 275 g/mol. The van der Waals surface area contributed by atoms with Crippen LogP contribution in [-0.2, 0) is 4.79 Å². The highest BCUT2D eigenvalue weighted by Gasteiger charge is 2.38. The molecule has 0 aliphatic rings. The summed E-state index contributed by atoms with van der Waals surface area (Å²) in [5, 5.41) is 4.00. The molecule has 0 radical (unpaired) electrons. The van der Waals surface area contributed by atoms with Crippen molar-refractivity contribution in [2.24, 2.45) is 0 Å². The van der Waals surface area contributed by atoms with Gasteiger partial charge in [-0.05, 0) is 24.3 Å². The van der Waals surface area contributed by atoms with Crippen molar-refractivity contribution in [3.8, 4) is 0 Å². The van der Waals surface area contributed by atoms with Gasteiger partial charge in [0.25, 0.3) is 5.91 Å². The minimum atomic E-state index is -4.92. The summed E-state index contributed by atoms with van der Waals surface area (Å²) in [4.78, 5) is 22.0. The summed E-state index contributed by atoms with van der Waals surface area (Å²) in [6.07, 6.45) is -4.92. The molecule has 0 aliphatic heterocycles. The first-order valence-corrected chi connectivity index (χ1v) is 5.29. The number of anilines is 1. The lowest BCUT2D eigenvalue weighted by Gasteiger charge is -2.08. The number of nitrogens with two attached hydrogens (primary N) is 1. The van der Waals surface area contributed by atoms with E-state index in [1.54, 1.807) is 5.32 Å². The van der Waals surface area contributed by atoms with Crippen LogP contribution in [0, 0.1) is 0 Å². The Kier molecular flexibility index (Phi) is 4.74. The molecule has 0 unspecified atom stereocenters. The number of carbonyl (C=O) groups is 2. The molecule has 2 amide bonds. The molecule has 5 nitrogen and oxygen atoms in total. The van der Waals surface area contributed by atoms with Crippen molar-refractivity contribution < 1.29 is 22.8 Å². The molecule has 1 rings (SSSR count). The molecule has 0 aromatic heterocycles. The zero-order chi connectivity index (χ0) is 14.5. The Morgan fingerprint density at radius 2 is 1.58 bits per heavy atom. The number of alkyl halides is 3. The van der Waals surface area contributed by atoms with E-state index in [2.05, 4.69) is 5.32 Å². The van der Waals surface area contributed by atoms with Crippen LogP contribution in [0.3, 0.4) is 0 Å². The van der Waals surface area contributed by atoms with Gasteiger partial charge in [-0.3, -0.25) is 9.59 Å². The quantitative estimate of drug-likeness (QED) is 0.558. The van der Waals surface area contributed by atoms with Crippen LogP contribution in [0.5, 0.6) is 0 Å². The number of benzene rings is 1. The molecule has 0 fully saturated rings. The largest absolute Gasteiger partial charge is 0.471 e. The van der Waals surface area contributed by atoms with Gasteiger partial charge in [0.2, 0.25) is 0 Å². The summed E-state index contributed by atoms with van der Waals surface area (Å²) in [6, 6.07) is 6.03. The molecule has 0 aliphatic carbocycles. The topological polar surface area (TPSA) is 84.2 Å². The molecule has 0 bridgehead atoms. The second-order valence-electron chi connectivity index (χ2n) is 3.63. The van der Waals surface area contributed by atoms with E-state index in [0.29, 0.717) is 11.3 Å². The molecule has 0 saturated carbocycles. The maximum Gasteiger partial charge on any atom is 0.471 e. The normalized spacial score (nSPS) is 10.9. The summed E-state index contributed by atoms with van der Waals surface area (Å²) in [6.45, 7) is -0.413.